The van der Waals surface area contributed by atoms with Crippen LogP contribution in [-0.2, 0) is 6.42 Å². The van der Waals surface area contributed by atoms with Crippen LogP contribution < -0.4 is 0 Å². The minimum Gasteiger partial charge on any atom is -0.207 e. The lowest BCUT2D eigenvalue weighted by atomic mass is 9.91. The fourth-order valence-corrected chi connectivity index (χ4v) is 3.89. The summed E-state index contributed by atoms with van der Waals surface area (Å²) < 4.78 is 26.3. The van der Waals surface area contributed by atoms with Gasteiger partial charge in [-0.3, -0.25) is 0 Å². The van der Waals surface area contributed by atoms with Gasteiger partial charge in [-0.15, -0.1) is 0 Å². The Morgan fingerprint density at radius 1 is 1.35 bits per heavy atom. The van der Waals surface area contributed by atoms with Crippen LogP contribution in [0, 0.1) is 23.5 Å². The van der Waals surface area contributed by atoms with Crippen LogP contribution in [0.3, 0.4) is 0 Å². The zero-order valence-corrected chi connectivity index (χ0v) is 11.5. The molecule has 1 fully saturated rings. The first kappa shape index (κ1) is 13.0. The van der Waals surface area contributed by atoms with Gasteiger partial charge in [-0.25, -0.2) is 8.78 Å². The first-order valence-corrected chi connectivity index (χ1v) is 7.07. The van der Waals surface area contributed by atoms with E-state index in [0.29, 0.717) is 28.6 Å². The molecule has 1 aliphatic rings. The molecule has 94 valence electrons. The lowest BCUT2D eigenvalue weighted by Crippen LogP contribution is -2.19. The van der Waals surface area contributed by atoms with Gasteiger partial charge in [-0.05, 0) is 36.3 Å². The summed E-state index contributed by atoms with van der Waals surface area (Å²) in [5.74, 6) is 0.369. The van der Waals surface area contributed by atoms with Crippen molar-refractivity contribution in [1.82, 2.24) is 0 Å². The van der Waals surface area contributed by atoms with Gasteiger partial charge in [-0.1, -0.05) is 41.8 Å². The van der Waals surface area contributed by atoms with Crippen molar-refractivity contribution in [2.45, 2.75) is 37.4 Å². The van der Waals surface area contributed by atoms with Crippen LogP contribution in [0.25, 0.3) is 0 Å². The highest BCUT2D eigenvalue weighted by atomic mass is 79.9. The second-order valence-electron chi connectivity index (χ2n) is 5.03. The third kappa shape index (κ3) is 3.06. The number of benzene rings is 1. The predicted molar refractivity (Wildman–Crippen MR) is 69.3 cm³/mol. The van der Waals surface area contributed by atoms with Crippen LogP contribution in [0.4, 0.5) is 8.78 Å². The molecule has 0 N–H and O–H groups in total. The van der Waals surface area contributed by atoms with Crippen LogP contribution in [-0.4, -0.2) is 4.83 Å². The highest BCUT2D eigenvalue weighted by Crippen LogP contribution is 2.38. The Hall–Kier alpha value is -0.440. The molecule has 3 atom stereocenters. The maximum atomic E-state index is 13.5. The zero-order valence-electron chi connectivity index (χ0n) is 9.93. The number of hydrogen-bond donors (Lipinski definition) is 0. The summed E-state index contributed by atoms with van der Waals surface area (Å²) in [6, 6.07) is 3.85. The molecule has 0 radical (unpaired) electrons. The summed E-state index contributed by atoms with van der Waals surface area (Å²) in [4.78, 5) is 0.292. The summed E-state index contributed by atoms with van der Waals surface area (Å²) in [5.41, 5.74) is 0.604. The van der Waals surface area contributed by atoms with E-state index < -0.39 is 11.6 Å². The SMILES string of the molecule is CC1CCCC1C(Br)Cc1ccc(F)cc1F. The van der Waals surface area contributed by atoms with E-state index in [2.05, 4.69) is 22.9 Å². The van der Waals surface area contributed by atoms with Crippen molar-refractivity contribution in [2.24, 2.45) is 11.8 Å². The van der Waals surface area contributed by atoms with Gasteiger partial charge in [0, 0.05) is 10.9 Å². The third-order valence-electron chi connectivity index (χ3n) is 3.82. The predicted octanol–water partition coefficient (Wildman–Crippen LogP) is 4.71. The Morgan fingerprint density at radius 3 is 2.71 bits per heavy atom. The van der Waals surface area contributed by atoms with E-state index in [1.54, 1.807) is 6.07 Å². The Balaban J connectivity index is 2.04. The Kier molecular flexibility index (Phi) is 4.18. The minimum atomic E-state index is -0.508. The van der Waals surface area contributed by atoms with Gasteiger partial charge in [0.2, 0.25) is 0 Å². The standard InChI is InChI=1S/C14H17BrF2/c1-9-3-2-4-12(9)13(15)7-10-5-6-11(16)8-14(10)17/h5-6,8-9,12-13H,2-4,7H2,1H3. The van der Waals surface area contributed by atoms with Crippen LogP contribution in [0.1, 0.15) is 31.7 Å². The molecule has 1 aromatic carbocycles. The highest BCUT2D eigenvalue weighted by Gasteiger charge is 2.29. The lowest BCUT2D eigenvalue weighted by Gasteiger charge is -2.22. The molecule has 0 nitrogen and oxygen atoms in total. The minimum absolute atomic E-state index is 0.292. The van der Waals surface area contributed by atoms with E-state index in [1.807, 2.05) is 0 Å². The lowest BCUT2D eigenvalue weighted by molar-refractivity contribution is 0.404. The van der Waals surface area contributed by atoms with Crippen molar-refractivity contribution >= 4 is 15.9 Å². The van der Waals surface area contributed by atoms with Crippen molar-refractivity contribution in [1.29, 1.82) is 0 Å². The average Bonchev–Trinajstić information content (AvgIpc) is 2.68. The molecule has 0 heterocycles. The van der Waals surface area contributed by atoms with Crippen molar-refractivity contribution < 1.29 is 8.78 Å². The normalized spacial score (nSPS) is 26.1. The maximum Gasteiger partial charge on any atom is 0.129 e. The van der Waals surface area contributed by atoms with E-state index in [0.717, 1.165) is 6.07 Å². The van der Waals surface area contributed by atoms with Gasteiger partial charge >= 0.3 is 0 Å². The van der Waals surface area contributed by atoms with Gasteiger partial charge in [0.15, 0.2) is 0 Å². The van der Waals surface area contributed by atoms with E-state index >= 15 is 0 Å². The summed E-state index contributed by atoms with van der Waals surface area (Å²) >= 11 is 3.67. The first-order valence-electron chi connectivity index (χ1n) is 6.16. The molecule has 0 aliphatic heterocycles. The van der Waals surface area contributed by atoms with Gasteiger partial charge in [0.25, 0.3) is 0 Å². The smallest absolute Gasteiger partial charge is 0.129 e. The van der Waals surface area contributed by atoms with Crippen molar-refractivity contribution in [3.63, 3.8) is 0 Å². The van der Waals surface area contributed by atoms with Crippen LogP contribution in [0.15, 0.2) is 18.2 Å². The summed E-state index contributed by atoms with van der Waals surface area (Å²) in [6.07, 6.45) is 4.37. The summed E-state index contributed by atoms with van der Waals surface area (Å²) in [7, 11) is 0. The Labute approximate surface area is 110 Å². The quantitative estimate of drug-likeness (QED) is 0.710. The molecule has 3 heteroatoms. The summed E-state index contributed by atoms with van der Waals surface area (Å²) in [6.45, 7) is 2.26. The Morgan fingerprint density at radius 2 is 2.12 bits per heavy atom. The van der Waals surface area contributed by atoms with Gasteiger partial charge in [0.1, 0.15) is 11.6 Å². The van der Waals surface area contributed by atoms with Gasteiger partial charge in [-0.2, -0.15) is 0 Å². The monoisotopic (exact) mass is 302 g/mol. The fraction of sp³-hybridized carbons (Fsp3) is 0.571. The van der Waals surface area contributed by atoms with Gasteiger partial charge < -0.3 is 0 Å². The molecule has 0 spiro atoms. The molecular weight excluding hydrogens is 286 g/mol. The molecule has 0 bridgehead atoms. The number of rotatable bonds is 3. The number of hydrogen-bond acceptors (Lipinski definition) is 0. The molecule has 1 saturated carbocycles. The average molecular weight is 303 g/mol. The molecule has 3 unspecified atom stereocenters. The largest absolute Gasteiger partial charge is 0.207 e. The summed E-state index contributed by atoms with van der Waals surface area (Å²) in [5, 5.41) is 0. The molecule has 17 heavy (non-hydrogen) atoms. The molecule has 0 amide bonds. The molecule has 2 rings (SSSR count). The zero-order chi connectivity index (χ0) is 12.4. The Bertz CT molecular complexity index is 392. The van der Waals surface area contributed by atoms with E-state index in [-0.39, 0.29) is 0 Å². The molecular formula is C14H17BrF2. The number of alkyl halides is 1. The van der Waals surface area contributed by atoms with Gasteiger partial charge in [0.05, 0.1) is 0 Å². The van der Waals surface area contributed by atoms with E-state index in [4.69, 9.17) is 0 Å². The second-order valence-corrected chi connectivity index (χ2v) is 6.20. The van der Waals surface area contributed by atoms with Crippen molar-refractivity contribution in [3.05, 3.63) is 35.4 Å². The molecule has 0 aromatic heterocycles. The van der Waals surface area contributed by atoms with E-state index in [9.17, 15) is 8.78 Å². The van der Waals surface area contributed by atoms with Crippen molar-refractivity contribution in [2.75, 3.05) is 0 Å². The molecule has 1 aromatic rings. The first-order chi connectivity index (χ1) is 8.08. The van der Waals surface area contributed by atoms with Crippen LogP contribution >= 0.6 is 15.9 Å². The second kappa shape index (κ2) is 5.47. The van der Waals surface area contributed by atoms with Crippen LogP contribution in [0.2, 0.25) is 0 Å². The van der Waals surface area contributed by atoms with E-state index in [1.165, 1.54) is 25.3 Å². The molecule has 1 aliphatic carbocycles. The van der Waals surface area contributed by atoms with Crippen LogP contribution in [0.5, 0.6) is 0 Å². The molecule has 0 saturated heterocycles. The number of halogens is 3. The fourth-order valence-electron chi connectivity index (χ4n) is 2.76. The maximum absolute atomic E-state index is 13.5. The topological polar surface area (TPSA) is 0 Å². The highest BCUT2D eigenvalue weighted by molar-refractivity contribution is 9.09. The van der Waals surface area contributed by atoms with Crippen molar-refractivity contribution in [3.8, 4) is 0 Å². The third-order valence-corrected chi connectivity index (χ3v) is 4.83.